The molecule has 0 bridgehead atoms. The molecule has 0 fully saturated rings. The molecule has 26 heavy (non-hydrogen) atoms. The zero-order valence-electron chi connectivity index (χ0n) is 14.3. The molecule has 6 nitrogen and oxygen atoms in total. The fourth-order valence-electron chi connectivity index (χ4n) is 2.44. The van der Waals surface area contributed by atoms with E-state index in [2.05, 4.69) is 31.0 Å². The van der Waals surface area contributed by atoms with Gasteiger partial charge >= 0.3 is 0 Å². The fraction of sp³-hybridized carbons (Fsp3) is 0.176. The Morgan fingerprint density at radius 2 is 1.85 bits per heavy atom. The minimum atomic E-state index is -3.64. The van der Waals surface area contributed by atoms with E-state index < -0.39 is 15.9 Å². The molecule has 2 N–H and O–H groups in total. The summed E-state index contributed by atoms with van der Waals surface area (Å²) in [4.78, 5) is 17.2. The summed E-state index contributed by atoms with van der Waals surface area (Å²) >= 11 is 4.69. The summed E-state index contributed by atoms with van der Waals surface area (Å²) in [6, 6.07) is 8.30. The van der Waals surface area contributed by atoms with Crippen molar-refractivity contribution in [2.45, 2.75) is 18.7 Å². The Bertz CT molecular complexity index is 1080. The number of carbonyl (C=O) groups is 1. The molecule has 3 rings (SSSR count). The maximum absolute atomic E-state index is 12.7. The lowest BCUT2D eigenvalue weighted by molar-refractivity contribution is 0.102. The summed E-state index contributed by atoms with van der Waals surface area (Å²) < 4.78 is 27.7. The lowest BCUT2D eigenvalue weighted by Gasteiger charge is -2.08. The van der Waals surface area contributed by atoms with Gasteiger partial charge in [-0.1, -0.05) is 23.5 Å². The van der Waals surface area contributed by atoms with Gasteiger partial charge in [0.25, 0.3) is 5.91 Å². The minimum absolute atomic E-state index is 0.0179. The summed E-state index contributed by atoms with van der Waals surface area (Å²) in [5.74, 6) is -0.431. The average molecular weight is 454 g/mol. The normalized spacial score (nSPS) is 11.7. The van der Waals surface area contributed by atoms with E-state index in [0.29, 0.717) is 9.60 Å². The SMILES string of the molecule is CNS(=O)(=O)c1ccc(Br)c(C(=O)Nc2nc3c(C)ccc(C)c3s2)c1. The van der Waals surface area contributed by atoms with Crippen LogP contribution < -0.4 is 10.0 Å². The van der Waals surface area contributed by atoms with E-state index in [-0.39, 0.29) is 10.5 Å². The number of sulfonamides is 1. The van der Waals surface area contributed by atoms with Crippen LogP contribution in [0.2, 0.25) is 0 Å². The summed E-state index contributed by atoms with van der Waals surface area (Å²) in [5.41, 5.74) is 3.20. The highest BCUT2D eigenvalue weighted by atomic mass is 79.9. The standard InChI is InChI=1S/C17H16BrN3O3S2/c1-9-4-5-10(2)15-14(9)20-17(25-15)21-16(22)12-8-11(6-7-13(12)18)26(23,24)19-3/h4-8,19H,1-3H3,(H,20,21,22). The van der Waals surface area contributed by atoms with E-state index in [1.165, 1.54) is 36.6 Å². The van der Waals surface area contributed by atoms with Crippen molar-refractivity contribution in [3.05, 3.63) is 51.5 Å². The van der Waals surface area contributed by atoms with E-state index >= 15 is 0 Å². The van der Waals surface area contributed by atoms with Gasteiger partial charge in [0.1, 0.15) is 0 Å². The van der Waals surface area contributed by atoms with Crippen molar-refractivity contribution in [3.63, 3.8) is 0 Å². The molecular weight excluding hydrogens is 438 g/mol. The molecule has 2 aromatic carbocycles. The predicted octanol–water partition coefficient (Wildman–Crippen LogP) is 3.84. The number of anilines is 1. The number of benzene rings is 2. The second-order valence-electron chi connectivity index (χ2n) is 5.70. The van der Waals surface area contributed by atoms with Gasteiger partial charge in [0.15, 0.2) is 5.13 Å². The van der Waals surface area contributed by atoms with E-state index in [1.807, 2.05) is 26.0 Å². The zero-order valence-corrected chi connectivity index (χ0v) is 17.5. The first-order valence-electron chi connectivity index (χ1n) is 7.64. The number of fused-ring (bicyclic) bond motifs is 1. The number of halogens is 1. The van der Waals surface area contributed by atoms with Gasteiger partial charge in [-0.3, -0.25) is 10.1 Å². The third-order valence-corrected chi connectivity index (χ3v) is 7.13. The highest BCUT2D eigenvalue weighted by Gasteiger charge is 2.18. The molecule has 0 saturated carbocycles. The molecule has 1 aromatic heterocycles. The van der Waals surface area contributed by atoms with Gasteiger partial charge in [0.2, 0.25) is 10.0 Å². The number of aryl methyl sites for hydroxylation is 2. The van der Waals surface area contributed by atoms with E-state index in [9.17, 15) is 13.2 Å². The van der Waals surface area contributed by atoms with E-state index in [4.69, 9.17) is 0 Å². The van der Waals surface area contributed by atoms with E-state index in [1.54, 1.807) is 0 Å². The molecular formula is C17H16BrN3O3S2. The van der Waals surface area contributed by atoms with Gasteiger partial charge in [0.05, 0.1) is 20.7 Å². The van der Waals surface area contributed by atoms with Crippen LogP contribution >= 0.6 is 27.3 Å². The molecule has 0 spiro atoms. The first-order chi connectivity index (χ1) is 12.2. The Hall–Kier alpha value is -1.81. The van der Waals surface area contributed by atoms with Crippen LogP contribution in [0.1, 0.15) is 21.5 Å². The van der Waals surface area contributed by atoms with Gasteiger partial charge in [0, 0.05) is 4.47 Å². The third kappa shape index (κ3) is 3.52. The molecule has 1 amide bonds. The average Bonchev–Trinajstić information content (AvgIpc) is 3.03. The summed E-state index contributed by atoms with van der Waals surface area (Å²) in [6.07, 6.45) is 0. The Balaban J connectivity index is 1.97. The van der Waals surface area contributed by atoms with Gasteiger partial charge in [-0.15, -0.1) is 0 Å². The quantitative estimate of drug-likeness (QED) is 0.627. The molecule has 136 valence electrons. The number of aromatic nitrogens is 1. The van der Waals surface area contributed by atoms with Crippen LogP contribution in [-0.2, 0) is 10.0 Å². The van der Waals surface area contributed by atoms with Crippen molar-refractivity contribution in [1.29, 1.82) is 0 Å². The van der Waals surface area contributed by atoms with Crippen molar-refractivity contribution in [3.8, 4) is 0 Å². The molecule has 9 heteroatoms. The molecule has 0 saturated heterocycles. The largest absolute Gasteiger partial charge is 0.298 e. The molecule has 0 radical (unpaired) electrons. The predicted molar refractivity (Wildman–Crippen MR) is 107 cm³/mol. The van der Waals surface area contributed by atoms with Crippen LogP contribution in [0.3, 0.4) is 0 Å². The van der Waals surface area contributed by atoms with Crippen LogP contribution in [0.5, 0.6) is 0 Å². The maximum Gasteiger partial charge on any atom is 0.258 e. The number of hydrogen-bond donors (Lipinski definition) is 2. The molecule has 3 aromatic rings. The Morgan fingerprint density at radius 1 is 1.15 bits per heavy atom. The number of rotatable bonds is 4. The van der Waals surface area contributed by atoms with Crippen molar-refractivity contribution >= 4 is 58.5 Å². The van der Waals surface area contributed by atoms with Crippen LogP contribution in [0.4, 0.5) is 5.13 Å². The number of thiazole rings is 1. The van der Waals surface area contributed by atoms with Crippen LogP contribution in [0, 0.1) is 13.8 Å². The molecule has 0 atom stereocenters. The molecule has 0 aliphatic carbocycles. The zero-order chi connectivity index (χ0) is 19.1. The first-order valence-corrected chi connectivity index (χ1v) is 10.7. The van der Waals surface area contributed by atoms with Gasteiger partial charge in [-0.05, 0) is 66.2 Å². The number of nitrogens with one attached hydrogen (secondary N) is 2. The van der Waals surface area contributed by atoms with Crippen LogP contribution in [0.25, 0.3) is 10.2 Å². The number of nitrogens with zero attached hydrogens (tertiary/aromatic N) is 1. The lowest BCUT2D eigenvalue weighted by atomic mass is 10.1. The van der Waals surface area contributed by atoms with Crippen molar-refractivity contribution < 1.29 is 13.2 Å². The summed E-state index contributed by atoms with van der Waals surface area (Å²) in [5, 5.41) is 3.23. The molecule has 0 unspecified atom stereocenters. The minimum Gasteiger partial charge on any atom is -0.298 e. The summed E-state index contributed by atoms with van der Waals surface area (Å²) in [6.45, 7) is 3.96. The maximum atomic E-state index is 12.7. The van der Waals surface area contributed by atoms with E-state index in [0.717, 1.165) is 21.3 Å². The Labute approximate surface area is 163 Å². The van der Waals surface area contributed by atoms with Crippen LogP contribution in [-0.4, -0.2) is 26.4 Å². The Morgan fingerprint density at radius 3 is 2.50 bits per heavy atom. The number of hydrogen-bond acceptors (Lipinski definition) is 5. The first kappa shape index (κ1) is 19.0. The third-order valence-electron chi connectivity index (χ3n) is 3.92. The topological polar surface area (TPSA) is 88.2 Å². The number of carbonyl (C=O) groups excluding carboxylic acids is 1. The van der Waals surface area contributed by atoms with Gasteiger partial charge < -0.3 is 0 Å². The highest BCUT2D eigenvalue weighted by molar-refractivity contribution is 9.10. The molecule has 1 heterocycles. The second-order valence-corrected chi connectivity index (χ2v) is 9.44. The Kier molecular flexibility index (Phi) is 5.16. The molecule has 0 aliphatic heterocycles. The lowest BCUT2D eigenvalue weighted by Crippen LogP contribution is -2.20. The van der Waals surface area contributed by atoms with Gasteiger partial charge in [-0.25, -0.2) is 18.1 Å². The highest BCUT2D eigenvalue weighted by Crippen LogP contribution is 2.31. The van der Waals surface area contributed by atoms with Crippen molar-refractivity contribution in [2.75, 3.05) is 12.4 Å². The fourth-order valence-corrected chi connectivity index (χ4v) is 4.63. The monoisotopic (exact) mass is 453 g/mol. The molecule has 0 aliphatic rings. The summed E-state index contributed by atoms with van der Waals surface area (Å²) in [7, 11) is -2.32. The van der Waals surface area contributed by atoms with Crippen molar-refractivity contribution in [2.24, 2.45) is 0 Å². The smallest absolute Gasteiger partial charge is 0.258 e. The van der Waals surface area contributed by atoms with Crippen LogP contribution in [0.15, 0.2) is 39.7 Å². The van der Waals surface area contributed by atoms with Crippen molar-refractivity contribution in [1.82, 2.24) is 9.71 Å². The number of amides is 1. The van der Waals surface area contributed by atoms with Gasteiger partial charge in [-0.2, -0.15) is 0 Å². The second kappa shape index (κ2) is 7.07.